The first-order valence-electron chi connectivity index (χ1n) is 6.16. The predicted octanol–water partition coefficient (Wildman–Crippen LogP) is 2.80. The Balaban J connectivity index is 2.83. The van der Waals surface area contributed by atoms with Crippen LogP contribution in [0.15, 0.2) is 18.2 Å². The van der Waals surface area contributed by atoms with Crippen LogP contribution in [0.1, 0.15) is 31.9 Å². The number of rotatable bonds is 5. The van der Waals surface area contributed by atoms with Crippen molar-refractivity contribution in [2.75, 3.05) is 0 Å². The first kappa shape index (κ1) is 14.1. The highest BCUT2D eigenvalue weighted by Crippen LogP contribution is 2.20. The molecule has 1 rings (SSSR count). The number of nitrogens with one attached hydrogen (secondary N) is 1. The topological polar surface area (TPSA) is 38.0 Å². The molecule has 0 heterocycles. The molecule has 0 amide bonds. The van der Waals surface area contributed by atoms with Crippen LogP contribution in [0.2, 0.25) is 0 Å². The number of hydrogen-bond acceptors (Lipinski definition) is 2. The van der Waals surface area contributed by atoms with Crippen molar-refractivity contribution in [1.82, 2.24) is 5.43 Å². The van der Waals surface area contributed by atoms with E-state index in [-0.39, 0.29) is 11.9 Å². The molecule has 0 fully saturated rings. The average Bonchev–Trinajstić information content (AvgIpc) is 2.29. The molecule has 0 aliphatic carbocycles. The number of aryl methyl sites for hydroxylation is 1. The number of benzene rings is 1. The summed E-state index contributed by atoms with van der Waals surface area (Å²) in [5, 5.41) is 0. The summed E-state index contributed by atoms with van der Waals surface area (Å²) in [5.41, 5.74) is 5.00. The van der Waals surface area contributed by atoms with E-state index in [0.717, 1.165) is 17.5 Å². The molecule has 0 aliphatic heterocycles. The van der Waals surface area contributed by atoms with E-state index in [1.165, 1.54) is 6.07 Å². The molecule has 0 saturated carbocycles. The third-order valence-electron chi connectivity index (χ3n) is 3.65. The Bertz CT molecular complexity index is 363. The molecule has 0 saturated heterocycles. The van der Waals surface area contributed by atoms with Crippen molar-refractivity contribution < 1.29 is 4.39 Å². The number of nitrogens with two attached hydrogens (primary N) is 1. The fraction of sp³-hybridized carbons (Fsp3) is 0.571. The van der Waals surface area contributed by atoms with E-state index in [1.807, 2.05) is 13.0 Å². The number of hydrogen-bond donors (Lipinski definition) is 2. The van der Waals surface area contributed by atoms with E-state index >= 15 is 0 Å². The van der Waals surface area contributed by atoms with Gasteiger partial charge in [-0.1, -0.05) is 26.8 Å². The predicted molar refractivity (Wildman–Crippen MR) is 70.0 cm³/mol. The van der Waals surface area contributed by atoms with E-state index in [0.29, 0.717) is 11.8 Å². The SMILES string of the molecule is Cc1ccc(F)cc1CC(NN)C(C)C(C)C. The zero-order valence-electron chi connectivity index (χ0n) is 11.1. The van der Waals surface area contributed by atoms with Gasteiger partial charge in [-0.2, -0.15) is 0 Å². The quantitative estimate of drug-likeness (QED) is 0.611. The fourth-order valence-electron chi connectivity index (χ4n) is 1.96. The molecular formula is C14H23FN2. The zero-order valence-corrected chi connectivity index (χ0v) is 11.1. The Labute approximate surface area is 103 Å². The molecule has 17 heavy (non-hydrogen) atoms. The summed E-state index contributed by atoms with van der Waals surface area (Å²) >= 11 is 0. The molecule has 0 aliphatic rings. The lowest BCUT2D eigenvalue weighted by Gasteiger charge is -2.27. The second kappa shape index (κ2) is 6.12. The van der Waals surface area contributed by atoms with Gasteiger partial charge in [-0.15, -0.1) is 0 Å². The highest BCUT2D eigenvalue weighted by Gasteiger charge is 2.20. The third-order valence-corrected chi connectivity index (χ3v) is 3.65. The van der Waals surface area contributed by atoms with Crippen molar-refractivity contribution in [2.24, 2.45) is 17.7 Å². The first-order chi connectivity index (χ1) is 7.95. The molecule has 3 N–H and O–H groups in total. The molecule has 1 aromatic rings. The van der Waals surface area contributed by atoms with Gasteiger partial charge in [-0.3, -0.25) is 11.3 Å². The fourth-order valence-corrected chi connectivity index (χ4v) is 1.96. The van der Waals surface area contributed by atoms with Crippen LogP contribution in [0.3, 0.4) is 0 Å². The molecule has 0 bridgehead atoms. The second-order valence-electron chi connectivity index (χ2n) is 5.15. The Morgan fingerprint density at radius 2 is 1.94 bits per heavy atom. The minimum absolute atomic E-state index is 0.176. The molecular weight excluding hydrogens is 215 g/mol. The normalized spacial score (nSPS) is 15.0. The van der Waals surface area contributed by atoms with Crippen molar-refractivity contribution in [3.05, 3.63) is 35.1 Å². The standard InChI is InChI=1S/C14H23FN2/c1-9(2)11(4)14(17-16)8-12-7-13(15)6-5-10(12)3/h5-7,9,11,14,17H,8,16H2,1-4H3. The van der Waals surface area contributed by atoms with Gasteiger partial charge >= 0.3 is 0 Å². The molecule has 2 atom stereocenters. The van der Waals surface area contributed by atoms with Crippen LogP contribution in [0.4, 0.5) is 4.39 Å². The Morgan fingerprint density at radius 1 is 1.29 bits per heavy atom. The maximum Gasteiger partial charge on any atom is 0.123 e. The summed E-state index contributed by atoms with van der Waals surface area (Å²) in [4.78, 5) is 0. The maximum atomic E-state index is 13.2. The maximum absolute atomic E-state index is 13.2. The van der Waals surface area contributed by atoms with E-state index in [1.54, 1.807) is 6.07 Å². The van der Waals surface area contributed by atoms with Gasteiger partial charge < -0.3 is 0 Å². The van der Waals surface area contributed by atoms with Gasteiger partial charge in [0.25, 0.3) is 0 Å². The number of hydrazine groups is 1. The molecule has 0 spiro atoms. The summed E-state index contributed by atoms with van der Waals surface area (Å²) in [6, 6.07) is 5.09. The lowest BCUT2D eigenvalue weighted by atomic mass is 9.86. The van der Waals surface area contributed by atoms with Crippen LogP contribution >= 0.6 is 0 Å². The molecule has 96 valence electrons. The van der Waals surface area contributed by atoms with E-state index in [9.17, 15) is 4.39 Å². The minimum atomic E-state index is -0.182. The molecule has 0 aromatic heterocycles. The summed E-state index contributed by atoms with van der Waals surface area (Å²) < 4.78 is 13.2. The molecule has 2 nitrogen and oxygen atoms in total. The second-order valence-corrected chi connectivity index (χ2v) is 5.15. The first-order valence-corrected chi connectivity index (χ1v) is 6.16. The van der Waals surface area contributed by atoms with Gasteiger partial charge in [0, 0.05) is 6.04 Å². The van der Waals surface area contributed by atoms with Gasteiger partial charge in [0.05, 0.1) is 0 Å². The van der Waals surface area contributed by atoms with Crippen LogP contribution in [0.5, 0.6) is 0 Å². The van der Waals surface area contributed by atoms with Crippen molar-refractivity contribution in [3.8, 4) is 0 Å². The van der Waals surface area contributed by atoms with Crippen LogP contribution in [0.25, 0.3) is 0 Å². The Hall–Kier alpha value is -0.930. The smallest absolute Gasteiger partial charge is 0.123 e. The van der Waals surface area contributed by atoms with Crippen LogP contribution in [-0.4, -0.2) is 6.04 Å². The summed E-state index contributed by atoms with van der Waals surface area (Å²) in [5.74, 6) is 6.41. The van der Waals surface area contributed by atoms with Gasteiger partial charge in [0.15, 0.2) is 0 Å². The van der Waals surface area contributed by atoms with Crippen molar-refractivity contribution >= 4 is 0 Å². The third kappa shape index (κ3) is 3.79. The molecule has 1 aromatic carbocycles. The van der Waals surface area contributed by atoms with Crippen LogP contribution < -0.4 is 11.3 Å². The molecule has 2 unspecified atom stereocenters. The molecule has 3 heteroatoms. The number of halogens is 1. The Morgan fingerprint density at radius 3 is 2.47 bits per heavy atom. The minimum Gasteiger partial charge on any atom is -0.271 e. The van der Waals surface area contributed by atoms with E-state index in [4.69, 9.17) is 5.84 Å². The van der Waals surface area contributed by atoms with Crippen LogP contribution in [-0.2, 0) is 6.42 Å². The van der Waals surface area contributed by atoms with Crippen molar-refractivity contribution in [2.45, 2.75) is 40.2 Å². The van der Waals surface area contributed by atoms with E-state index < -0.39 is 0 Å². The summed E-state index contributed by atoms with van der Waals surface area (Å²) in [6.07, 6.45) is 0.763. The summed E-state index contributed by atoms with van der Waals surface area (Å²) in [6.45, 7) is 8.52. The monoisotopic (exact) mass is 238 g/mol. The Kier molecular flexibility index (Phi) is 5.09. The van der Waals surface area contributed by atoms with Gasteiger partial charge in [-0.05, 0) is 48.4 Å². The lowest BCUT2D eigenvalue weighted by molar-refractivity contribution is 0.299. The van der Waals surface area contributed by atoms with Crippen molar-refractivity contribution in [1.29, 1.82) is 0 Å². The van der Waals surface area contributed by atoms with Gasteiger partial charge in [0.2, 0.25) is 0 Å². The molecule has 0 radical (unpaired) electrons. The zero-order chi connectivity index (χ0) is 13.0. The average molecular weight is 238 g/mol. The van der Waals surface area contributed by atoms with Crippen molar-refractivity contribution in [3.63, 3.8) is 0 Å². The van der Waals surface area contributed by atoms with E-state index in [2.05, 4.69) is 26.2 Å². The largest absolute Gasteiger partial charge is 0.271 e. The van der Waals surface area contributed by atoms with Gasteiger partial charge in [-0.25, -0.2) is 4.39 Å². The highest BCUT2D eigenvalue weighted by atomic mass is 19.1. The van der Waals surface area contributed by atoms with Gasteiger partial charge in [0.1, 0.15) is 5.82 Å². The summed E-state index contributed by atoms with van der Waals surface area (Å²) in [7, 11) is 0. The lowest BCUT2D eigenvalue weighted by Crippen LogP contribution is -2.43. The highest BCUT2D eigenvalue weighted by molar-refractivity contribution is 5.27. The van der Waals surface area contributed by atoms with Crippen LogP contribution in [0, 0.1) is 24.6 Å².